The molecule has 0 spiro atoms. The summed E-state index contributed by atoms with van der Waals surface area (Å²) in [5, 5.41) is 8.60. The summed E-state index contributed by atoms with van der Waals surface area (Å²) in [5.74, 6) is -0.413. The Morgan fingerprint density at radius 2 is 1.42 bits per heavy atom. The molecule has 3 amide bonds. The van der Waals surface area contributed by atoms with Crippen molar-refractivity contribution in [1.82, 2.24) is 16.0 Å². The van der Waals surface area contributed by atoms with E-state index in [1.54, 1.807) is 0 Å². The molecule has 0 aromatic rings. The molecule has 1 rings (SSSR count). The van der Waals surface area contributed by atoms with E-state index in [0.29, 0.717) is 0 Å². The Kier molecular flexibility index (Phi) is 8.01. The molecule has 0 bridgehead atoms. The molecule has 0 heterocycles. The Morgan fingerprint density at radius 1 is 0.917 bits per heavy atom. The van der Waals surface area contributed by atoms with Crippen LogP contribution >= 0.6 is 0 Å². The standard InChI is InChI=1S/C17H31N3O4/c1-10(2)14(20-17(23)24-5)16(22)19-13-9-7-6-8-12(13)18-15(21)11(3)4/h10-14H,6-9H2,1-5H3,(H,18,21)(H,19,22)(H,20,23)/t12-,13-,14-/m0/s1. The van der Waals surface area contributed by atoms with Crippen molar-refractivity contribution in [1.29, 1.82) is 0 Å². The van der Waals surface area contributed by atoms with Crippen molar-refractivity contribution in [2.24, 2.45) is 11.8 Å². The fourth-order valence-corrected chi connectivity index (χ4v) is 2.82. The quantitative estimate of drug-likeness (QED) is 0.683. The topological polar surface area (TPSA) is 96.5 Å². The largest absolute Gasteiger partial charge is 0.453 e. The van der Waals surface area contributed by atoms with Crippen LogP contribution in [0.2, 0.25) is 0 Å². The third-order valence-electron chi connectivity index (χ3n) is 4.35. The lowest BCUT2D eigenvalue weighted by Gasteiger charge is -2.34. The molecule has 0 aromatic heterocycles. The number of methoxy groups -OCH3 is 1. The van der Waals surface area contributed by atoms with Gasteiger partial charge in [-0.15, -0.1) is 0 Å². The Hall–Kier alpha value is -1.79. The van der Waals surface area contributed by atoms with Gasteiger partial charge in [-0.25, -0.2) is 4.79 Å². The van der Waals surface area contributed by atoms with Crippen LogP contribution in [-0.4, -0.2) is 43.1 Å². The second kappa shape index (κ2) is 9.49. The molecular formula is C17H31N3O4. The van der Waals surface area contributed by atoms with Gasteiger partial charge in [-0.3, -0.25) is 9.59 Å². The van der Waals surface area contributed by atoms with Crippen LogP contribution in [0.3, 0.4) is 0 Å². The van der Waals surface area contributed by atoms with E-state index >= 15 is 0 Å². The van der Waals surface area contributed by atoms with E-state index in [4.69, 9.17) is 0 Å². The van der Waals surface area contributed by atoms with Crippen LogP contribution < -0.4 is 16.0 Å². The van der Waals surface area contributed by atoms with Crippen LogP contribution in [0.4, 0.5) is 4.79 Å². The molecule has 7 heteroatoms. The van der Waals surface area contributed by atoms with Crippen molar-refractivity contribution in [2.75, 3.05) is 7.11 Å². The molecule has 1 aliphatic rings. The molecular weight excluding hydrogens is 310 g/mol. The van der Waals surface area contributed by atoms with E-state index in [2.05, 4.69) is 20.7 Å². The summed E-state index contributed by atoms with van der Waals surface area (Å²) in [7, 11) is 1.27. The van der Waals surface area contributed by atoms with E-state index < -0.39 is 12.1 Å². The van der Waals surface area contributed by atoms with Gasteiger partial charge in [-0.05, 0) is 18.8 Å². The number of carbonyl (C=O) groups excluding carboxylic acids is 3. The molecule has 0 aliphatic heterocycles. The first-order chi connectivity index (χ1) is 11.3. The molecule has 1 saturated carbocycles. The maximum atomic E-state index is 12.6. The van der Waals surface area contributed by atoms with Crippen LogP contribution in [0.1, 0.15) is 53.4 Å². The lowest BCUT2D eigenvalue weighted by Crippen LogP contribution is -2.58. The minimum Gasteiger partial charge on any atom is -0.453 e. The van der Waals surface area contributed by atoms with E-state index in [1.165, 1.54) is 7.11 Å². The summed E-state index contributed by atoms with van der Waals surface area (Å²) in [5.41, 5.74) is 0. The predicted molar refractivity (Wildman–Crippen MR) is 91.3 cm³/mol. The Labute approximate surface area is 144 Å². The summed E-state index contributed by atoms with van der Waals surface area (Å²) in [6, 6.07) is -0.848. The first-order valence-electron chi connectivity index (χ1n) is 8.71. The van der Waals surface area contributed by atoms with Gasteiger partial charge < -0.3 is 20.7 Å². The van der Waals surface area contributed by atoms with Gasteiger partial charge in [0.25, 0.3) is 0 Å². The van der Waals surface area contributed by atoms with Crippen molar-refractivity contribution in [3.05, 3.63) is 0 Å². The van der Waals surface area contributed by atoms with Gasteiger partial charge in [0.2, 0.25) is 11.8 Å². The molecule has 0 radical (unpaired) electrons. The van der Waals surface area contributed by atoms with E-state index in [9.17, 15) is 14.4 Å². The highest BCUT2D eigenvalue weighted by molar-refractivity contribution is 5.86. The lowest BCUT2D eigenvalue weighted by molar-refractivity contribution is -0.127. The van der Waals surface area contributed by atoms with E-state index in [0.717, 1.165) is 25.7 Å². The van der Waals surface area contributed by atoms with Crippen molar-refractivity contribution in [2.45, 2.75) is 71.5 Å². The summed E-state index contributed by atoms with van der Waals surface area (Å²) < 4.78 is 4.58. The molecule has 7 nitrogen and oxygen atoms in total. The number of nitrogens with one attached hydrogen (secondary N) is 3. The van der Waals surface area contributed by atoms with Gasteiger partial charge in [-0.1, -0.05) is 40.5 Å². The first-order valence-corrected chi connectivity index (χ1v) is 8.71. The summed E-state index contributed by atoms with van der Waals surface area (Å²) in [4.78, 5) is 36.0. The molecule has 0 aromatic carbocycles. The summed E-state index contributed by atoms with van der Waals surface area (Å²) in [6.45, 7) is 7.42. The van der Waals surface area contributed by atoms with Crippen LogP contribution in [0.15, 0.2) is 0 Å². The van der Waals surface area contributed by atoms with Crippen LogP contribution in [-0.2, 0) is 14.3 Å². The molecule has 3 N–H and O–H groups in total. The van der Waals surface area contributed by atoms with Crippen LogP contribution in [0.25, 0.3) is 0 Å². The number of alkyl carbamates (subject to hydrolysis) is 1. The van der Waals surface area contributed by atoms with E-state index in [-0.39, 0.29) is 35.7 Å². The second-order valence-corrected chi connectivity index (χ2v) is 7.03. The Morgan fingerprint density at radius 3 is 1.83 bits per heavy atom. The zero-order valence-electron chi connectivity index (χ0n) is 15.3. The second-order valence-electron chi connectivity index (χ2n) is 7.03. The summed E-state index contributed by atoms with van der Waals surface area (Å²) in [6.07, 6.45) is 3.08. The molecule has 3 atom stereocenters. The maximum Gasteiger partial charge on any atom is 0.407 e. The monoisotopic (exact) mass is 341 g/mol. The SMILES string of the molecule is COC(=O)N[C@H](C(=O)N[C@H]1CCCC[C@@H]1NC(=O)C(C)C)C(C)C. The van der Waals surface area contributed by atoms with Crippen molar-refractivity contribution < 1.29 is 19.1 Å². The number of rotatable bonds is 6. The third kappa shape index (κ3) is 6.02. The van der Waals surface area contributed by atoms with Crippen molar-refractivity contribution in [3.63, 3.8) is 0 Å². The lowest BCUT2D eigenvalue weighted by atomic mass is 9.89. The van der Waals surface area contributed by atoms with Gasteiger partial charge >= 0.3 is 6.09 Å². The number of amides is 3. The normalized spacial score (nSPS) is 22.0. The van der Waals surface area contributed by atoms with Crippen molar-refractivity contribution in [3.8, 4) is 0 Å². The van der Waals surface area contributed by atoms with Gasteiger partial charge in [0.05, 0.1) is 7.11 Å². The molecule has 138 valence electrons. The maximum absolute atomic E-state index is 12.6. The zero-order valence-corrected chi connectivity index (χ0v) is 15.3. The average molecular weight is 341 g/mol. The van der Waals surface area contributed by atoms with Crippen LogP contribution in [0, 0.1) is 11.8 Å². The third-order valence-corrected chi connectivity index (χ3v) is 4.35. The van der Waals surface area contributed by atoms with Gasteiger partial charge in [0.15, 0.2) is 0 Å². The molecule has 1 fully saturated rings. The molecule has 1 aliphatic carbocycles. The zero-order chi connectivity index (χ0) is 18.3. The molecule has 0 unspecified atom stereocenters. The van der Waals surface area contributed by atoms with Crippen molar-refractivity contribution >= 4 is 17.9 Å². The smallest absolute Gasteiger partial charge is 0.407 e. The Balaban J connectivity index is 2.72. The molecule has 0 saturated heterocycles. The van der Waals surface area contributed by atoms with Gasteiger partial charge in [-0.2, -0.15) is 0 Å². The number of carbonyl (C=O) groups is 3. The predicted octanol–water partition coefficient (Wildman–Crippen LogP) is 1.57. The van der Waals surface area contributed by atoms with Gasteiger partial charge in [0.1, 0.15) is 6.04 Å². The first kappa shape index (κ1) is 20.3. The van der Waals surface area contributed by atoms with Gasteiger partial charge in [0, 0.05) is 18.0 Å². The van der Waals surface area contributed by atoms with E-state index in [1.807, 2.05) is 27.7 Å². The number of hydrogen-bond acceptors (Lipinski definition) is 4. The highest BCUT2D eigenvalue weighted by Crippen LogP contribution is 2.19. The van der Waals surface area contributed by atoms with Crippen LogP contribution in [0.5, 0.6) is 0 Å². The summed E-state index contributed by atoms with van der Waals surface area (Å²) >= 11 is 0. The molecule has 24 heavy (non-hydrogen) atoms. The number of hydrogen-bond donors (Lipinski definition) is 3. The highest BCUT2D eigenvalue weighted by Gasteiger charge is 2.32. The average Bonchev–Trinajstić information content (AvgIpc) is 2.53. The Bertz CT molecular complexity index is 451. The number of ether oxygens (including phenoxy) is 1. The minimum atomic E-state index is -0.666. The fourth-order valence-electron chi connectivity index (χ4n) is 2.82. The highest BCUT2D eigenvalue weighted by atomic mass is 16.5. The fraction of sp³-hybridized carbons (Fsp3) is 0.824. The minimum absolute atomic E-state index is 0.00533.